The summed E-state index contributed by atoms with van der Waals surface area (Å²) < 4.78 is 64.5. The number of hydrogen-bond acceptors (Lipinski definition) is 5. The molecule has 186 valence electrons. The van der Waals surface area contributed by atoms with Gasteiger partial charge >= 0.3 is 6.18 Å². The SMILES string of the molecule is CC(C)C(=O)N1CC2(C1)OCc1cc(C3=NSC(c4cc(Cl)c(F)c(Cl)c4)(C(F)(F)F)C3)ncc12. The number of fused-ring (bicyclic) bond motifs is 2. The Bertz CT molecular complexity index is 1240. The Kier molecular flexibility index (Phi) is 5.90. The van der Waals surface area contributed by atoms with E-state index in [9.17, 15) is 22.4 Å². The van der Waals surface area contributed by atoms with Crippen molar-refractivity contribution < 1.29 is 27.1 Å². The molecule has 1 aromatic carbocycles. The van der Waals surface area contributed by atoms with Crippen LogP contribution in [0.25, 0.3) is 0 Å². The van der Waals surface area contributed by atoms with Gasteiger partial charge in [-0.1, -0.05) is 37.0 Å². The second-order valence-corrected chi connectivity index (χ2v) is 11.1. The molecule has 1 aromatic heterocycles. The van der Waals surface area contributed by atoms with Crippen molar-refractivity contribution in [2.75, 3.05) is 13.1 Å². The summed E-state index contributed by atoms with van der Waals surface area (Å²) in [4.78, 5) is 18.4. The van der Waals surface area contributed by atoms with Crippen LogP contribution in [0.5, 0.6) is 0 Å². The van der Waals surface area contributed by atoms with Crippen LogP contribution in [0, 0.1) is 11.7 Å². The smallest absolute Gasteiger partial charge is 0.362 e. The van der Waals surface area contributed by atoms with E-state index < -0.39 is 38.8 Å². The zero-order chi connectivity index (χ0) is 25.3. The van der Waals surface area contributed by atoms with Gasteiger partial charge < -0.3 is 9.64 Å². The third-order valence-electron chi connectivity index (χ3n) is 6.61. The predicted molar refractivity (Wildman–Crippen MR) is 125 cm³/mol. The Morgan fingerprint density at radius 1 is 1.20 bits per heavy atom. The second kappa shape index (κ2) is 8.33. The molecule has 12 heteroatoms. The van der Waals surface area contributed by atoms with Crippen molar-refractivity contribution in [1.29, 1.82) is 0 Å². The number of pyridine rings is 1. The number of hydrogen-bond donors (Lipinski definition) is 0. The molecule has 0 N–H and O–H groups in total. The summed E-state index contributed by atoms with van der Waals surface area (Å²) in [5, 5.41) is -0.984. The molecule has 5 rings (SSSR count). The molecule has 0 radical (unpaired) electrons. The molecule has 1 saturated heterocycles. The minimum atomic E-state index is -4.73. The van der Waals surface area contributed by atoms with Gasteiger partial charge in [0.2, 0.25) is 5.91 Å². The van der Waals surface area contributed by atoms with Gasteiger partial charge in [-0.3, -0.25) is 9.78 Å². The maximum absolute atomic E-state index is 14.3. The molecule has 35 heavy (non-hydrogen) atoms. The Morgan fingerprint density at radius 3 is 2.46 bits per heavy atom. The molecule has 4 heterocycles. The van der Waals surface area contributed by atoms with E-state index in [1.807, 2.05) is 13.8 Å². The van der Waals surface area contributed by atoms with Crippen molar-refractivity contribution >= 4 is 46.8 Å². The van der Waals surface area contributed by atoms with E-state index in [2.05, 4.69) is 9.38 Å². The highest BCUT2D eigenvalue weighted by Gasteiger charge is 2.60. The van der Waals surface area contributed by atoms with E-state index >= 15 is 0 Å². The van der Waals surface area contributed by atoms with Crippen LogP contribution in [0.15, 0.2) is 28.8 Å². The molecule has 5 nitrogen and oxygen atoms in total. The predicted octanol–water partition coefficient (Wildman–Crippen LogP) is 6.05. The van der Waals surface area contributed by atoms with Crippen LogP contribution in [-0.2, 0) is 26.5 Å². The lowest BCUT2D eigenvalue weighted by atomic mass is 9.85. The fourth-order valence-corrected chi connectivity index (χ4v) is 6.10. The van der Waals surface area contributed by atoms with Crippen LogP contribution in [0.2, 0.25) is 10.0 Å². The molecule has 1 atom stereocenters. The number of amides is 1. The van der Waals surface area contributed by atoms with Gasteiger partial charge in [0.1, 0.15) is 5.60 Å². The first-order valence-corrected chi connectivity index (χ1v) is 12.3. The van der Waals surface area contributed by atoms with Crippen molar-refractivity contribution in [3.05, 3.63) is 62.6 Å². The van der Waals surface area contributed by atoms with Crippen LogP contribution < -0.4 is 0 Å². The molecule has 3 aliphatic rings. The highest BCUT2D eigenvalue weighted by atomic mass is 35.5. The summed E-state index contributed by atoms with van der Waals surface area (Å²) in [6.45, 7) is 4.76. The van der Waals surface area contributed by atoms with Crippen molar-refractivity contribution in [3.63, 3.8) is 0 Å². The minimum Gasteiger partial charge on any atom is -0.362 e. The third-order valence-corrected chi connectivity index (χ3v) is 8.40. The van der Waals surface area contributed by atoms with Gasteiger partial charge in [0, 0.05) is 24.1 Å². The average molecular weight is 548 g/mol. The summed E-state index contributed by atoms with van der Waals surface area (Å²) in [5.41, 5.74) is 1.18. The van der Waals surface area contributed by atoms with Crippen LogP contribution in [-0.4, -0.2) is 40.8 Å². The van der Waals surface area contributed by atoms with E-state index in [0.717, 1.165) is 23.3 Å². The molecule has 0 aliphatic carbocycles. The Morgan fingerprint density at radius 2 is 1.86 bits per heavy atom. The summed E-state index contributed by atoms with van der Waals surface area (Å²) in [5.74, 6) is -1.05. The number of nitrogens with zero attached hydrogens (tertiary/aromatic N) is 3. The van der Waals surface area contributed by atoms with Gasteiger partial charge in [-0.15, -0.1) is 0 Å². The van der Waals surface area contributed by atoms with Crippen LogP contribution >= 0.6 is 35.1 Å². The first kappa shape index (κ1) is 24.8. The first-order valence-electron chi connectivity index (χ1n) is 10.8. The number of likely N-dealkylation sites (tertiary alicyclic amines) is 1. The topological polar surface area (TPSA) is 54.8 Å². The maximum Gasteiger partial charge on any atom is 0.409 e. The minimum absolute atomic E-state index is 0.0408. The quantitative estimate of drug-likeness (QED) is 0.266. The number of rotatable bonds is 3. The first-order chi connectivity index (χ1) is 16.4. The van der Waals surface area contributed by atoms with Gasteiger partial charge in [-0.25, -0.2) is 8.79 Å². The summed E-state index contributed by atoms with van der Waals surface area (Å²) in [6.07, 6.45) is -3.65. The van der Waals surface area contributed by atoms with E-state index in [4.69, 9.17) is 27.9 Å². The van der Waals surface area contributed by atoms with E-state index in [1.165, 1.54) is 0 Å². The number of carbonyl (C=O) groups is 1. The largest absolute Gasteiger partial charge is 0.409 e. The standard InChI is InChI=1S/C23H19Cl2F4N3O2S/c1-11(2)20(33)32-9-21(10-32)14-7-30-17(3-12(14)8-34-21)18-6-22(35-31-18,23(27,28)29)13-4-15(24)19(26)16(25)5-13/h3-5,7,11H,6,8-10H2,1-2H3. The molecular formula is C23H19Cl2F4N3O2S. The van der Waals surface area contributed by atoms with Crippen molar-refractivity contribution in [2.24, 2.45) is 10.3 Å². The molecule has 1 unspecified atom stereocenters. The molecule has 1 fully saturated rings. The number of carbonyl (C=O) groups excluding carboxylic acids is 1. The lowest BCUT2D eigenvalue weighted by Gasteiger charge is -2.48. The van der Waals surface area contributed by atoms with E-state index in [1.54, 1.807) is 17.2 Å². The van der Waals surface area contributed by atoms with Crippen molar-refractivity contribution in [1.82, 2.24) is 9.88 Å². The molecule has 0 bridgehead atoms. The van der Waals surface area contributed by atoms with Crippen LogP contribution in [0.3, 0.4) is 0 Å². The Balaban J connectivity index is 1.42. The highest BCUT2D eigenvalue weighted by Crippen LogP contribution is 2.57. The Labute approximate surface area is 213 Å². The summed E-state index contributed by atoms with van der Waals surface area (Å²) >= 11 is 11.9. The average Bonchev–Trinajstić information content (AvgIpc) is 3.38. The molecule has 3 aliphatic heterocycles. The summed E-state index contributed by atoms with van der Waals surface area (Å²) in [6, 6.07) is 3.57. The number of halogens is 6. The van der Waals surface area contributed by atoms with Crippen LogP contribution in [0.4, 0.5) is 17.6 Å². The second-order valence-electron chi connectivity index (χ2n) is 9.24. The van der Waals surface area contributed by atoms with Gasteiger partial charge in [-0.2, -0.15) is 13.2 Å². The van der Waals surface area contributed by atoms with Gasteiger partial charge in [-0.05, 0) is 41.3 Å². The summed E-state index contributed by atoms with van der Waals surface area (Å²) in [7, 11) is 0. The molecule has 0 saturated carbocycles. The normalized spacial score (nSPS) is 23.0. The zero-order valence-corrected chi connectivity index (χ0v) is 20.9. The number of alkyl halides is 3. The fourth-order valence-electron chi connectivity index (χ4n) is 4.66. The number of ether oxygens (including phenoxy) is 1. The molecule has 1 amide bonds. The van der Waals surface area contributed by atoms with Crippen molar-refractivity contribution in [2.45, 2.75) is 43.4 Å². The van der Waals surface area contributed by atoms with Gasteiger partial charge in [0.15, 0.2) is 10.6 Å². The highest BCUT2D eigenvalue weighted by molar-refractivity contribution is 7.99. The zero-order valence-electron chi connectivity index (χ0n) is 18.5. The van der Waals surface area contributed by atoms with Crippen molar-refractivity contribution in [3.8, 4) is 0 Å². The molecule has 1 spiro atoms. The van der Waals surface area contributed by atoms with E-state index in [-0.39, 0.29) is 29.7 Å². The monoisotopic (exact) mass is 547 g/mol. The Hall–Kier alpha value is -1.88. The fraction of sp³-hybridized carbons (Fsp3) is 0.435. The lowest BCUT2D eigenvalue weighted by molar-refractivity contribution is -0.171. The molecule has 2 aromatic rings. The van der Waals surface area contributed by atoms with Crippen LogP contribution in [0.1, 0.15) is 42.7 Å². The number of aromatic nitrogens is 1. The number of benzene rings is 1. The van der Waals surface area contributed by atoms with E-state index in [0.29, 0.717) is 30.7 Å². The van der Waals surface area contributed by atoms with Gasteiger partial charge in [0.05, 0.1) is 41.1 Å². The van der Waals surface area contributed by atoms with Gasteiger partial charge in [0.25, 0.3) is 0 Å². The lowest BCUT2D eigenvalue weighted by Crippen LogP contribution is -2.62. The third kappa shape index (κ3) is 3.84. The maximum atomic E-state index is 14.3. The molecular weight excluding hydrogens is 529 g/mol.